The van der Waals surface area contributed by atoms with Crippen LogP contribution in [0.15, 0.2) is 12.1 Å². The van der Waals surface area contributed by atoms with E-state index in [0.717, 1.165) is 50.7 Å². The summed E-state index contributed by atoms with van der Waals surface area (Å²) in [5, 5.41) is 0. The smallest absolute Gasteiger partial charge is 0.416 e. The number of halogens is 3. The van der Waals surface area contributed by atoms with E-state index in [1.807, 2.05) is 0 Å². The van der Waals surface area contributed by atoms with Crippen LogP contribution in [0.4, 0.5) is 19.0 Å². The number of rotatable bonds is 3. The van der Waals surface area contributed by atoms with Crippen molar-refractivity contribution in [1.29, 1.82) is 0 Å². The van der Waals surface area contributed by atoms with Gasteiger partial charge < -0.3 is 10.2 Å². The third kappa shape index (κ3) is 4.00. The number of hydrazine groups is 1. The average molecular weight is 289 g/mol. The molecular formula is C13H18F3N3O. The molecule has 112 valence electrons. The van der Waals surface area contributed by atoms with Gasteiger partial charge in [-0.3, -0.25) is 0 Å². The van der Waals surface area contributed by atoms with Crippen LogP contribution >= 0.6 is 0 Å². The molecule has 0 saturated heterocycles. The Morgan fingerprint density at radius 2 is 1.80 bits per heavy atom. The van der Waals surface area contributed by atoms with Crippen LogP contribution in [0.5, 0.6) is 5.88 Å². The van der Waals surface area contributed by atoms with Crippen LogP contribution in [-0.2, 0) is 6.18 Å². The van der Waals surface area contributed by atoms with E-state index in [4.69, 9.17) is 10.6 Å². The lowest BCUT2D eigenvalue weighted by Gasteiger charge is -2.18. The van der Waals surface area contributed by atoms with E-state index in [2.05, 4.69) is 10.4 Å². The Hall–Kier alpha value is -1.50. The Kier molecular flexibility index (Phi) is 4.69. The normalized spacial score (nSPS) is 17.6. The lowest BCUT2D eigenvalue weighted by molar-refractivity contribution is -0.137. The predicted molar refractivity (Wildman–Crippen MR) is 69.2 cm³/mol. The van der Waals surface area contributed by atoms with Crippen LogP contribution in [0.3, 0.4) is 0 Å². The highest BCUT2D eigenvalue weighted by molar-refractivity contribution is 5.41. The summed E-state index contributed by atoms with van der Waals surface area (Å²) in [5.74, 6) is 5.07. The molecule has 7 heteroatoms. The molecule has 0 atom stereocenters. The molecule has 1 aliphatic carbocycles. The SMILES string of the molecule is NNc1cc(C(F)(F)F)cc(OC2CCCCCC2)n1. The number of alkyl halides is 3. The van der Waals surface area contributed by atoms with Crippen molar-refractivity contribution in [1.82, 2.24) is 4.98 Å². The molecule has 2 rings (SSSR count). The van der Waals surface area contributed by atoms with Crippen LogP contribution in [0.2, 0.25) is 0 Å². The second kappa shape index (κ2) is 6.30. The number of pyridine rings is 1. The molecule has 0 aromatic carbocycles. The van der Waals surface area contributed by atoms with Crippen LogP contribution < -0.4 is 16.0 Å². The molecule has 1 aromatic rings. The highest BCUT2D eigenvalue weighted by Gasteiger charge is 2.32. The number of ether oxygens (including phenoxy) is 1. The van der Waals surface area contributed by atoms with Gasteiger partial charge in [-0.15, -0.1) is 0 Å². The first kappa shape index (κ1) is 14.9. The molecule has 0 spiro atoms. The molecule has 1 heterocycles. The van der Waals surface area contributed by atoms with Crippen LogP contribution in [0.1, 0.15) is 44.1 Å². The molecule has 0 aliphatic heterocycles. The largest absolute Gasteiger partial charge is 0.474 e. The molecule has 0 unspecified atom stereocenters. The number of nitrogens with two attached hydrogens (primary N) is 1. The predicted octanol–water partition coefficient (Wildman–Crippen LogP) is 3.49. The van der Waals surface area contributed by atoms with E-state index >= 15 is 0 Å². The highest BCUT2D eigenvalue weighted by Crippen LogP contribution is 2.33. The van der Waals surface area contributed by atoms with Crippen LogP contribution in [0.25, 0.3) is 0 Å². The summed E-state index contributed by atoms with van der Waals surface area (Å²) >= 11 is 0. The average Bonchev–Trinajstić information content (AvgIpc) is 2.66. The first-order valence-electron chi connectivity index (χ1n) is 6.71. The second-order valence-corrected chi connectivity index (χ2v) is 4.95. The number of hydrogen-bond donors (Lipinski definition) is 2. The van der Waals surface area contributed by atoms with Gasteiger partial charge in [0.1, 0.15) is 11.9 Å². The Morgan fingerprint density at radius 1 is 1.15 bits per heavy atom. The van der Waals surface area contributed by atoms with E-state index < -0.39 is 11.7 Å². The van der Waals surface area contributed by atoms with Gasteiger partial charge in [-0.1, -0.05) is 12.8 Å². The topological polar surface area (TPSA) is 60.2 Å². The molecule has 1 aliphatic rings. The maximum Gasteiger partial charge on any atom is 0.416 e. The molecule has 1 aromatic heterocycles. The minimum atomic E-state index is -4.45. The van der Waals surface area contributed by atoms with Crippen LogP contribution in [-0.4, -0.2) is 11.1 Å². The molecular weight excluding hydrogens is 271 g/mol. The fraction of sp³-hybridized carbons (Fsp3) is 0.615. The van der Waals surface area contributed by atoms with Gasteiger partial charge in [-0.2, -0.15) is 18.2 Å². The van der Waals surface area contributed by atoms with Crippen molar-refractivity contribution in [3.8, 4) is 5.88 Å². The van der Waals surface area contributed by atoms with Gasteiger partial charge in [0.05, 0.1) is 5.56 Å². The Morgan fingerprint density at radius 3 is 2.35 bits per heavy atom. The summed E-state index contributed by atoms with van der Waals surface area (Å²) in [5.41, 5.74) is 1.32. The van der Waals surface area contributed by atoms with Gasteiger partial charge in [0, 0.05) is 6.07 Å². The van der Waals surface area contributed by atoms with Crippen LogP contribution in [0, 0.1) is 0 Å². The maximum atomic E-state index is 12.8. The lowest BCUT2D eigenvalue weighted by atomic mass is 10.1. The van der Waals surface area contributed by atoms with Crippen molar-refractivity contribution in [3.05, 3.63) is 17.7 Å². The first-order valence-corrected chi connectivity index (χ1v) is 6.71. The van der Waals surface area contributed by atoms with Gasteiger partial charge in [-0.25, -0.2) is 5.84 Å². The van der Waals surface area contributed by atoms with E-state index in [1.54, 1.807) is 0 Å². The van der Waals surface area contributed by atoms with Gasteiger partial charge in [-0.05, 0) is 31.7 Å². The number of nitrogens with zero attached hydrogens (tertiary/aromatic N) is 1. The standard InChI is InChI=1S/C13H18F3N3O/c14-13(15,16)9-7-11(19-17)18-12(8-9)20-10-5-3-1-2-4-6-10/h7-8,10H,1-6,17H2,(H,18,19). The summed E-state index contributed by atoms with van der Waals surface area (Å²) in [7, 11) is 0. The zero-order chi connectivity index (χ0) is 14.6. The summed E-state index contributed by atoms with van der Waals surface area (Å²) in [6, 6.07) is 1.78. The van der Waals surface area contributed by atoms with Gasteiger partial charge >= 0.3 is 6.18 Å². The molecule has 4 nitrogen and oxygen atoms in total. The van der Waals surface area contributed by atoms with E-state index in [1.165, 1.54) is 0 Å². The third-order valence-electron chi connectivity index (χ3n) is 3.37. The van der Waals surface area contributed by atoms with E-state index in [0.29, 0.717) is 0 Å². The molecule has 0 radical (unpaired) electrons. The van der Waals surface area contributed by atoms with Crippen molar-refractivity contribution < 1.29 is 17.9 Å². The van der Waals surface area contributed by atoms with E-state index in [-0.39, 0.29) is 17.8 Å². The summed E-state index contributed by atoms with van der Waals surface area (Å²) in [6.07, 6.45) is 1.54. The zero-order valence-electron chi connectivity index (χ0n) is 11.0. The third-order valence-corrected chi connectivity index (χ3v) is 3.37. The maximum absolute atomic E-state index is 12.8. The zero-order valence-corrected chi connectivity index (χ0v) is 11.0. The Balaban J connectivity index is 2.17. The lowest BCUT2D eigenvalue weighted by Crippen LogP contribution is -2.18. The highest BCUT2D eigenvalue weighted by atomic mass is 19.4. The second-order valence-electron chi connectivity index (χ2n) is 4.95. The number of nitrogen functional groups attached to an aromatic ring is 1. The number of hydrogen-bond acceptors (Lipinski definition) is 4. The summed E-state index contributed by atoms with van der Waals surface area (Å²) in [4.78, 5) is 3.93. The Bertz CT molecular complexity index is 443. The fourth-order valence-electron chi connectivity index (χ4n) is 2.33. The molecule has 20 heavy (non-hydrogen) atoms. The van der Waals surface area contributed by atoms with Crippen molar-refractivity contribution in [2.75, 3.05) is 5.43 Å². The van der Waals surface area contributed by atoms with E-state index in [9.17, 15) is 13.2 Å². The fourth-order valence-corrected chi connectivity index (χ4v) is 2.33. The van der Waals surface area contributed by atoms with Crippen molar-refractivity contribution in [3.63, 3.8) is 0 Å². The van der Waals surface area contributed by atoms with Crippen molar-refractivity contribution in [2.24, 2.45) is 5.84 Å². The minimum absolute atomic E-state index is 0.0281. The summed E-state index contributed by atoms with van der Waals surface area (Å²) in [6.45, 7) is 0. The molecule has 0 amide bonds. The number of anilines is 1. The molecule has 1 fully saturated rings. The molecule has 1 saturated carbocycles. The quantitative estimate of drug-likeness (QED) is 0.508. The summed E-state index contributed by atoms with van der Waals surface area (Å²) < 4.78 is 43.9. The number of aromatic nitrogens is 1. The van der Waals surface area contributed by atoms with Crippen molar-refractivity contribution in [2.45, 2.75) is 50.8 Å². The molecule has 0 bridgehead atoms. The van der Waals surface area contributed by atoms with Gasteiger partial charge in [0.2, 0.25) is 5.88 Å². The number of nitrogens with one attached hydrogen (secondary N) is 1. The van der Waals surface area contributed by atoms with Crippen molar-refractivity contribution >= 4 is 5.82 Å². The van der Waals surface area contributed by atoms with Gasteiger partial charge in [0.15, 0.2) is 0 Å². The first-order chi connectivity index (χ1) is 9.49. The van der Waals surface area contributed by atoms with Gasteiger partial charge in [0.25, 0.3) is 0 Å². The minimum Gasteiger partial charge on any atom is -0.474 e. The Labute approximate surface area is 115 Å². The molecule has 3 N–H and O–H groups in total. The monoisotopic (exact) mass is 289 g/mol.